The van der Waals surface area contributed by atoms with Gasteiger partial charge in [-0.3, -0.25) is 0 Å². The molecule has 1 aromatic rings. The van der Waals surface area contributed by atoms with Crippen LogP contribution in [-0.2, 0) is 12.1 Å². The Morgan fingerprint density at radius 3 is 1.86 bits per heavy atom. The highest BCUT2D eigenvalue weighted by Gasteiger charge is 2.14. The number of nitrogens with two attached hydrogens (primary N) is 1. The number of aliphatic hydroxyl groups is 1. The second-order valence-corrected chi connectivity index (χ2v) is 3.46. The normalized spacial score (nSPS) is 10.4. The standard InChI is InChI=1S/C10H15NO.C2H6/c1-10(2,12)9-5-3-8(7-11)4-6-9;1-2/h3-6,12H,7,11H2,1-2H3;1-2H3. The van der Waals surface area contributed by atoms with Crippen LogP contribution in [0.25, 0.3) is 0 Å². The van der Waals surface area contributed by atoms with Crippen molar-refractivity contribution in [3.63, 3.8) is 0 Å². The number of hydrogen-bond acceptors (Lipinski definition) is 2. The smallest absolute Gasteiger partial charge is 0.0840 e. The van der Waals surface area contributed by atoms with Gasteiger partial charge in [-0.25, -0.2) is 0 Å². The summed E-state index contributed by atoms with van der Waals surface area (Å²) in [7, 11) is 0. The van der Waals surface area contributed by atoms with Crippen molar-refractivity contribution in [2.75, 3.05) is 0 Å². The molecule has 3 N–H and O–H groups in total. The van der Waals surface area contributed by atoms with E-state index in [2.05, 4.69) is 0 Å². The molecule has 0 aliphatic rings. The number of benzene rings is 1. The summed E-state index contributed by atoms with van der Waals surface area (Å²) in [4.78, 5) is 0. The van der Waals surface area contributed by atoms with Gasteiger partial charge in [0, 0.05) is 6.54 Å². The zero-order valence-corrected chi connectivity index (χ0v) is 9.54. The third-order valence-electron chi connectivity index (χ3n) is 1.90. The molecule has 14 heavy (non-hydrogen) atoms. The summed E-state index contributed by atoms with van der Waals surface area (Å²) < 4.78 is 0. The van der Waals surface area contributed by atoms with Gasteiger partial charge in [0.1, 0.15) is 0 Å². The van der Waals surface area contributed by atoms with E-state index < -0.39 is 5.60 Å². The van der Waals surface area contributed by atoms with Gasteiger partial charge in [-0.05, 0) is 25.0 Å². The van der Waals surface area contributed by atoms with Crippen LogP contribution in [0.3, 0.4) is 0 Å². The fourth-order valence-corrected chi connectivity index (χ4v) is 1.05. The fraction of sp³-hybridized carbons (Fsp3) is 0.500. The van der Waals surface area contributed by atoms with Crippen LogP contribution in [0.2, 0.25) is 0 Å². The lowest BCUT2D eigenvalue weighted by Gasteiger charge is -2.17. The summed E-state index contributed by atoms with van der Waals surface area (Å²) in [6.45, 7) is 8.08. The summed E-state index contributed by atoms with van der Waals surface area (Å²) in [5, 5.41) is 9.62. The van der Waals surface area contributed by atoms with Crippen LogP contribution in [0.5, 0.6) is 0 Å². The first-order valence-corrected chi connectivity index (χ1v) is 5.06. The Bertz CT molecular complexity index is 246. The quantitative estimate of drug-likeness (QED) is 0.761. The van der Waals surface area contributed by atoms with Crippen LogP contribution in [0.15, 0.2) is 24.3 Å². The van der Waals surface area contributed by atoms with E-state index in [9.17, 15) is 5.11 Å². The van der Waals surface area contributed by atoms with E-state index in [0.29, 0.717) is 6.54 Å². The molecule has 0 saturated carbocycles. The van der Waals surface area contributed by atoms with Crippen LogP contribution in [0, 0.1) is 0 Å². The molecule has 2 nitrogen and oxygen atoms in total. The second kappa shape index (κ2) is 5.78. The monoisotopic (exact) mass is 195 g/mol. The Morgan fingerprint density at radius 1 is 1.14 bits per heavy atom. The molecule has 0 bridgehead atoms. The van der Waals surface area contributed by atoms with Crippen LogP contribution in [0.1, 0.15) is 38.8 Å². The van der Waals surface area contributed by atoms with Crippen molar-refractivity contribution in [1.29, 1.82) is 0 Å². The zero-order chi connectivity index (χ0) is 11.2. The van der Waals surface area contributed by atoms with Crippen molar-refractivity contribution in [3.05, 3.63) is 35.4 Å². The van der Waals surface area contributed by atoms with Crippen LogP contribution < -0.4 is 5.73 Å². The molecule has 0 atom stereocenters. The predicted octanol–water partition coefficient (Wildman–Crippen LogP) is 2.40. The minimum atomic E-state index is -0.757. The molecule has 0 aliphatic carbocycles. The van der Waals surface area contributed by atoms with E-state index in [-0.39, 0.29) is 0 Å². The molecule has 0 amide bonds. The number of hydrogen-bond donors (Lipinski definition) is 2. The molecule has 0 radical (unpaired) electrons. The topological polar surface area (TPSA) is 46.2 Å². The lowest BCUT2D eigenvalue weighted by atomic mass is 9.97. The molecule has 0 spiro atoms. The number of rotatable bonds is 2. The van der Waals surface area contributed by atoms with Gasteiger partial charge in [-0.15, -0.1) is 0 Å². The van der Waals surface area contributed by atoms with Crippen molar-refractivity contribution >= 4 is 0 Å². The zero-order valence-electron chi connectivity index (χ0n) is 9.54. The Kier molecular flexibility index (Phi) is 5.43. The first-order chi connectivity index (χ1) is 6.54. The van der Waals surface area contributed by atoms with Gasteiger partial charge >= 0.3 is 0 Å². The van der Waals surface area contributed by atoms with Gasteiger partial charge in [0.15, 0.2) is 0 Å². The highest BCUT2D eigenvalue weighted by atomic mass is 16.3. The molecule has 0 unspecified atom stereocenters. The van der Waals surface area contributed by atoms with Gasteiger partial charge in [0.05, 0.1) is 5.60 Å². The maximum absolute atomic E-state index is 9.62. The molecule has 2 heteroatoms. The Labute approximate surface area is 86.8 Å². The summed E-state index contributed by atoms with van der Waals surface area (Å²) in [5.41, 5.74) is 6.69. The Balaban J connectivity index is 0.000000791. The van der Waals surface area contributed by atoms with E-state index in [1.165, 1.54) is 0 Å². The highest BCUT2D eigenvalue weighted by molar-refractivity contribution is 5.25. The van der Waals surface area contributed by atoms with E-state index in [1.807, 2.05) is 38.1 Å². The van der Waals surface area contributed by atoms with Gasteiger partial charge in [0.2, 0.25) is 0 Å². The maximum Gasteiger partial charge on any atom is 0.0840 e. The maximum atomic E-state index is 9.62. The van der Waals surface area contributed by atoms with Gasteiger partial charge in [-0.1, -0.05) is 38.1 Å². The molecular weight excluding hydrogens is 174 g/mol. The molecule has 80 valence electrons. The predicted molar refractivity (Wildman–Crippen MR) is 60.9 cm³/mol. The van der Waals surface area contributed by atoms with Crippen molar-refractivity contribution in [2.24, 2.45) is 5.73 Å². The average molecular weight is 195 g/mol. The molecule has 1 aromatic carbocycles. The van der Waals surface area contributed by atoms with Crippen molar-refractivity contribution in [2.45, 2.75) is 39.8 Å². The molecule has 0 fully saturated rings. The van der Waals surface area contributed by atoms with Crippen molar-refractivity contribution < 1.29 is 5.11 Å². The third kappa shape index (κ3) is 3.90. The van der Waals surface area contributed by atoms with Gasteiger partial charge in [-0.2, -0.15) is 0 Å². The third-order valence-corrected chi connectivity index (χ3v) is 1.90. The summed E-state index contributed by atoms with van der Waals surface area (Å²) in [6, 6.07) is 7.69. The highest BCUT2D eigenvalue weighted by Crippen LogP contribution is 2.19. The van der Waals surface area contributed by atoms with Crippen molar-refractivity contribution in [1.82, 2.24) is 0 Å². The largest absolute Gasteiger partial charge is 0.386 e. The fourth-order valence-electron chi connectivity index (χ4n) is 1.05. The first-order valence-electron chi connectivity index (χ1n) is 5.06. The van der Waals surface area contributed by atoms with Gasteiger partial charge < -0.3 is 10.8 Å². The SMILES string of the molecule is CC.CC(C)(O)c1ccc(CN)cc1. The summed E-state index contributed by atoms with van der Waals surface area (Å²) in [6.07, 6.45) is 0. The lowest BCUT2D eigenvalue weighted by molar-refractivity contribution is 0.0786. The van der Waals surface area contributed by atoms with E-state index in [0.717, 1.165) is 11.1 Å². The minimum Gasteiger partial charge on any atom is -0.386 e. The van der Waals surface area contributed by atoms with Crippen LogP contribution >= 0.6 is 0 Å². The Morgan fingerprint density at radius 2 is 1.57 bits per heavy atom. The Hall–Kier alpha value is -0.860. The van der Waals surface area contributed by atoms with Crippen molar-refractivity contribution in [3.8, 4) is 0 Å². The van der Waals surface area contributed by atoms with Crippen LogP contribution in [-0.4, -0.2) is 5.11 Å². The molecule has 1 rings (SSSR count). The lowest BCUT2D eigenvalue weighted by Crippen LogP contribution is -2.15. The molecule has 0 saturated heterocycles. The van der Waals surface area contributed by atoms with Gasteiger partial charge in [0.25, 0.3) is 0 Å². The summed E-state index contributed by atoms with van der Waals surface area (Å²) in [5.74, 6) is 0. The van der Waals surface area contributed by atoms with E-state index >= 15 is 0 Å². The average Bonchev–Trinajstić information content (AvgIpc) is 2.20. The molecule has 0 aromatic heterocycles. The van der Waals surface area contributed by atoms with Crippen LogP contribution in [0.4, 0.5) is 0 Å². The minimum absolute atomic E-state index is 0.548. The van der Waals surface area contributed by atoms with E-state index in [4.69, 9.17) is 5.73 Å². The molecule has 0 heterocycles. The summed E-state index contributed by atoms with van der Waals surface area (Å²) >= 11 is 0. The second-order valence-electron chi connectivity index (χ2n) is 3.46. The first kappa shape index (κ1) is 13.1. The van der Waals surface area contributed by atoms with E-state index in [1.54, 1.807) is 13.8 Å². The molecule has 0 aliphatic heterocycles. The molecular formula is C12H21NO.